The summed E-state index contributed by atoms with van der Waals surface area (Å²) >= 11 is 5.65. The van der Waals surface area contributed by atoms with E-state index in [4.69, 9.17) is 44.8 Å². The van der Waals surface area contributed by atoms with Gasteiger partial charge < -0.3 is 33.2 Å². The molecule has 0 aliphatic carbocycles. The summed E-state index contributed by atoms with van der Waals surface area (Å²) in [6, 6.07) is 0. The van der Waals surface area contributed by atoms with Gasteiger partial charge in [0.1, 0.15) is 0 Å². The Balaban J connectivity index is 3.01. The fraction of sp³-hybridized carbons (Fsp3) is 1.00. The van der Waals surface area contributed by atoms with Crippen LogP contribution in [0, 0.1) is 0 Å². The zero-order chi connectivity index (χ0) is 27.5. The second-order valence-corrected chi connectivity index (χ2v) is 9.95. The zero-order valence-electron chi connectivity index (χ0n) is 24.7. The van der Waals surface area contributed by atoms with E-state index in [0.717, 1.165) is 38.4 Å². The SMILES string of the molecule is CCCCCCCCCCCCOCCOCCOCCOCCOCCOCCOCCCCCCCl. The van der Waals surface area contributed by atoms with Crippen LogP contribution in [-0.2, 0) is 33.2 Å². The number of hydrogen-bond donors (Lipinski definition) is 0. The van der Waals surface area contributed by atoms with Gasteiger partial charge in [-0.1, -0.05) is 77.6 Å². The van der Waals surface area contributed by atoms with Crippen molar-refractivity contribution in [2.75, 3.05) is 98.4 Å². The molecule has 0 unspecified atom stereocenters. The molecule has 0 radical (unpaired) electrons. The molecular formula is C30H61ClO7. The standard InChI is InChI=1S/C30H61ClO7/c1-2-3-4-5-6-7-8-9-11-14-17-32-19-21-34-23-25-36-27-29-38-30-28-37-26-24-35-22-20-33-18-15-12-10-13-16-31/h2-30H2,1H3. The normalized spacial score (nSPS) is 11.5. The Bertz CT molecular complexity index is 369. The van der Waals surface area contributed by atoms with Gasteiger partial charge in [-0.15, -0.1) is 11.6 Å². The summed E-state index contributed by atoms with van der Waals surface area (Å²) in [5.74, 6) is 0.754. The minimum absolute atomic E-state index is 0.559. The first-order valence-electron chi connectivity index (χ1n) is 15.5. The van der Waals surface area contributed by atoms with E-state index in [1.807, 2.05) is 0 Å². The van der Waals surface area contributed by atoms with Crippen LogP contribution in [0.25, 0.3) is 0 Å². The average Bonchev–Trinajstić information content (AvgIpc) is 2.93. The van der Waals surface area contributed by atoms with E-state index in [2.05, 4.69) is 6.92 Å². The van der Waals surface area contributed by atoms with Gasteiger partial charge >= 0.3 is 0 Å². The van der Waals surface area contributed by atoms with Crippen LogP contribution in [0.1, 0.15) is 96.8 Å². The molecule has 0 saturated carbocycles. The highest BCUT2D eigenvalue weighted by Gasteiger charge is 1.96. The Hall–Kier alpha value is 0.01000. The number of halogens is 1. The third kappa shape index (κ3) is 36.0. The van der Waals surface area contributed by atoms with Crippen LogP contribution in [0.2, 0.25) is 0 Å². The molecule has 0 aromatic rings. The maximum Gasteiger partial charge on any atom is 0.0701 e. The molecule has 0 amide bonds. The molecule has 0 fully saturated rings. The van der Waals surface area contributed by atoms with E-state index in [1.165, 1.54) is 70.6 Å². The molecule has 0 heterocycles. The highest BCUT2D eigenvalue weighted by atomic mass is 35.5. The number of ether oxygens (including phenoxy) is 7. The Kier molecular flexibility index (Phi) is 37.0. The van der Waals surface area contributed by atoms with Crippen molar-refractivity contribution in [3.8, 4) is 0 Å². The molecule has 0 rings (SSSR count). The fourth-order valence-corrected chi connectivity index (χ4v) is 3.95. The maximum absolute atomic E-state index is 5.65. The fourth-order valence-electron chi connectivity index (χ4n) is 3.77. The first-order chi connectivity index (χ1) is 18.9. The molecule has 0 atom stereocenters. The predicted molar refractivity (Wildman–Crippen MR) is 157 cm³/mol. The number of hydrogen-bond acceptors (Lipinski definition) is 7. The van der Waals surface area contributed by atoms with E-state index in [9.17, 15) is 0 Å². The average molecular weight is 569 g/mol. The van der Waals surface area contributed by atoms with E-state index in [0.29, 0.717) is 79.3 Å². The molecule has 8 heteroatoms. The van der Waals surface area contributed by atoms with Crippen LogP contribution in [-0.4, -0.2) is 98.4 Å². The van der Waals surface area contributed by atoms with E-state index in [1.54, 1.807) is 0 Å². The first kappa shape index (κ1) is 38.0. The quantitative estimate of drug-likeness (QED) is 0.0613. The Morgan fingerprint density at radius 3 is 0.816 bits per heavy atom. The van der Waals surface area contributed by atoms with Crippen LogP contribution < -0.4 is 0 Å². The van der Waals surface area contributed by atoms with Gasteiger partial charge in [0.05, 0.1) is 79.3 Å². The molecule has 0 spiro atoms. The second kappa shape index (κ2) is 37.0. The Labute approximate surface area is 239 Å². The van der Waals surface area contributed by atoms with E-state index < -0.39 is 0 Å². The van der Waals surface area contributed by atoms with Crippen molar-refractivity contribution in [3.63, 3.8) is 0 Å². The van der Waals surface area contributed by atoms with Gasteiger partial charge in [-0.3, -0.25) is 0 Å². The minimum atomic E-state index is 0.559. The summed E-state index contributed by atoms with van der Waals surface area (Å²) < 4.78 is 38.7. The Morgan fingerprint density at radius 1 is 0.289 bits per heavy atom. The van der Waals surface area contributed by atoms with Gasteiger partial charge in [-0.2, -0.15) is 0 Å². The highest BCUT2D eigenvalue weighted by molar-refractivity contribution is 6.17. The summed E-state index contributed by atoms with van der Waals surface area (Å²) in [6.45, 7) is 11.0. The van der Waals surface area contributed by atoms with Crippen LogP contribution >= 0.6 is 11.6 Å². The molecule has 38 heavy (non-hydrogen) atoms. The summed E-state index contributed by atoms with van der Waals surface area (Å²) in [5.41, 5.74) is 0. The van der Waals surface area contributed by atoms with Gasteiger partial charge in [0.15, 0.2) is 0 Å². The molecule has 230 valence electrons. The number of rotatable bonds is 35. The monoisotopic (exact) mass is 568 g/mol. The van der Waals surface area contributed by atoms with Gasteiger partial charge in [0.2, 0.25) is 0 Å². The van der Waals surface area contributed by atoms with Crippen molar-refractivity contribution in [2.24, 2.45) is 0 Å². The maximum atomic E-state index is 5.65. The number of unbranched alkanes of at least 4 members (excludes halogenated alkanes) is 12. The molecule has 0 bridgehead atoms. The molecule has 0 N–H and O–H groups in total. The lowest BCUT2D eigenvalue weighted by Crippen LogP contribution is -2.14. The summed E-state index contributed by atoms with van der Waals surface area (Å²) in [5, 5.41) is 0. The third-order valence-corrected chi connectivity index (χ3v) is 6.31. The van der Waals surface area contributed by atoms with E-state index in [-0.39, 0.29) is 0 Å². The third-order valence-electron chi connectivity index (χ3n) is 6.05. The van der Waals surface area contributed by atoms with Crippen molar-refractivity contribution in [1.82, 2.24) is 0 Å². The summed E-state index contributed by atoms with van der Waals surface area (Å²) in [6.07, 6.45) is 18.0. The molecular weight excluding hydrogens is 508 g/mol. The van der Waals surface area contributed by atoms with Crippen molar-refractivity contribution in [2.45, 2.75) is 96.8 Å². The van der Waals surface area contributed by atoms with Gasteiger partial charge in [-0.05, 0) is 19.3 Å². The largest absolute Gasteiger partial charge is 0.379 e. The minimum Gasteiger partial charge on any atom is -0.379 e. The highest BCUT2D eigenvalue weighted by Crippen LogP contribution is 2.10. The second-order valence-electron chi connectivity index (χ2n) is 9.57. The van der Waals surface area contributed by atoms with Crippen molar-refractivity contribution in [1.29, 1.82) is 0 Å². The molecule has 0 aliphatic rings. The first-order valence-corrected chi connectivity index (χ1v) is 16.1. The van der Waals surface area contributed by atoms with Crippen LogP contribution in [0.3, 0.4) is 0 Å². The molecule has 0 aromatic heterocycles. The van der Waals surface area contributed by atoms with Gasteiger partial charge in [0.25, 0.3) is 0 Å². The smallest absolute Gasteiger partial charge is 0.0701 e. The molecule has 0 aliphatic heterocycles. The predicted octanol–water partition coefficient (Wildman–Crippen LogP) is 6.82. The van der Waals surface area contributed by atoms with Crippen molar-refractivity contribution in [3.05, 3.63) is 0 Å². The summed E-state index contributed by atoms with van der Waals surface area (Å²) in [4.78, 5) is 0. The lowest BCUT2D eigenvalue weighted by atomic mass is 10.1. The lowest BCUT2D eigenvalue weighted by molar-refractivity contribution is -0.0206. The van der Waals surface area contributed by atoms with Crippen LogP contribution in [0.15, 0.2) is 0 Å². The lowest BCUT2D eigenvalue weighted by Gasteiger charge is -2.08. The van der Waals surface area contributed by atoms with Gasteiger partial charge in [0, 0.05) is 19.1 Å². The van der Waals surface area contributed by atoms with Crippen molar-refractivity contribution >= 4 is 11.6 Å². The van der Waals surface area contributed by atoms with Crippen LogP contribution in [0.4, 0.5) is 0 Å². The zero-order valence-corrected chi connectivity index (χ0v) is 25.5. The number of alkyl halides is 1. The molecule has 0 saturated heterocycles. The topological polar surface area (TPSA) is 64.6 Å². The van der Waals surface area contributed by atoms with Crippen LogP contribution in [0.5, 0.6) is 0 Å². The molecule has 7 nitrogen and oxygen atoms in total. The Morgan fingerprint density at radius 2 is 0.526 bits per heavy atom. The molecule has 0 aromatic carbocycles. The van der Waals surface area contributed by atoms with E-state index >= 15 is 0 Å². The summed E-state index contributed by atoms with van der Waals surface area (Å²) in [7, 11) is 0. The van der Waals surface area contributed by atoms with Crippen molar-refractivity contribution < 1.29 is 33.2 Å². The van der Waals surface area contributed by atoms with Gasteiger partial charge in [-0.25, -0.2) is 0 Å².